The number of carbonyl (C=O) groups is 1. The normalized spacial score (nSPS) is 10.1. The number of hydrogen-bond donors (Lipinski definition) is 2. The number of nitrogens with two attached hydrogens (primary N) is 1. The number of hydrogen-bond acceptors (Lipinski definition) is 3. The number of nitrogen functional groups attached to an aromatic ring is 1. The Morgan fingerprint density at radius 1 is 1.30 bits per heavy atom. The van der Waals surface area contributed by atoms with E-state index in [1.54, 1.807) is 18.2 Å². The number of nitrogens with one attached hydrogen (secondary N) is 1. The quantitative estimate of drug-likeness (QED) is 0.842. The van der Waals surface area contributed by atoms with E-state index in [0.717, 1.165) is 5.56 Å². The molecular formula is C15H15FN2O2. The van der Waals surface area contributed by atoms with Crippen molar-refractivity contribution in [2.75, 3.05) is 17.7 Å². The first-order chi connectivity index (χ1) is 9.54. The van der Waals surface area contributed by atoms with Crippen molar-refractivity contribution in [2.45, 2.75) is 6.92 Å². The fourth-order valence-corrected chi connectivity index (χ4v) is 1.67. The van der Waals surface area contributed by atoms with Crippen LogP contribution < -0.4 is 15.8 Å². The maximum absolute atomic E-state index is 12.9. The molecule has 5 heteroatoms. The van der Waals surface area contributed by atoms with Crippen molar-refractivity contribution in [1.82, 2.24) is 0 Å². The summed E-state index contributed by atoms with van der Waals surface area (Å²) in [5, 5.41) is 2.70. The molecule has 2 aromatic carbocycles. The van der Waals surface area contributed by atoms with Gasteiger partial charge < -0.3 is 15.8 Å². The standard InChI is InChI=1S/C15H15FN2O2/c1-10-5-6-12(17)8-14(10)18-15(19)9-20-13-4-2-3-11(16)7-13/h2-8H,9,17H2,1H3,(H,18,19). The van der Waals surface area contributed by atoms with Gasteiger partial charge in [-0.05, 0) is 36.8 Å². The van der Waals surface area contributed by atoms with E-state index < -0.39 is 5.82 Å². The SMILES string of the molecule is Cc1ccc(N)cc1NC(=O)COc1cccc(F)c1. The predicted molar refractivity (Wildman–Crippen MR) is 76.1 cm³/mol. The summed E-state index contributed by atoms with van der Waals surface area (Å²) in [5.74, 6) is -0.429. The Labute approximate surface area is 116 Å². The minimum Gasteiger partial charge on any atom is -0.484 e. The topological polar surface area (TPSA) is 64.3 Å². The van der Waals surface area contributed by atoms with Crippen molar-refractivity contribution in [2.24, 2.45) is 0 Å². The molecule has 0 aromatic heterocycles. The smallest absolute Gasteiger partial charge is 0.262 e. The first kappa shape index (κ1) is 13.9. The molecule has 0 saturated carbocycles. The van der Waals surface area contributed by atoms with Crippen LogP contribution in [-0.4, -0.2) is 12.5 Å². The van der Waals surface area contributed by atoms with Crippen LogP contribution >= 0.6 is 0 Å². The van der Waals surface area contributed by atoms with Crippen LogP contribution in [0.2, 0.25) is 0 Å². The number of carbonyl (C=O) groups excluding carboxylic acids is 1. The lowest BCUT2D eigenvalue weighted by Gasteiger charge is -2.10. The van der Waals surface area contributed by atoms with E-state index in [9.17, 15) is 9.18 Å². The van der Waals surface area contributed by atoms with Gasteiger partial charge in [0.2, 0.25) is 0 Å². The number of rotatable bonds is 4. The molecule has 20 heavy (non-hydrogen) atoms. The van der Waals surface area contributed by atoms with Crippen LogP contribution in [0.5, 0.6) is 5.75 Å². The summed E-state index contributed by atoms with van der Waals surface area (Å²) in [7, 11) is 0. The molecule has 2 rings (SSSR count). The zero-order valence-corrected chi connectivity index (χ0v) is 11.0. The minimum absolute atomic E-state index is 0.197. The average molecular weight is 274 g/mol. The van der Waals surface area contributed by atoms with Gasteiger partial charge >= 0.3 is 0 Å². The zero-order valence-electron chi connectivity index (χ0n) is 11.0. The largest absolute Gasteiger partial charge is 0.484 e. The molecule has 0 radical (unpaired) electrons. The second-order valence-electron chi connectivity index (χ2n) is 4.37. The Bertz CT molecular complexity index is 629. The maximum atomic E-state index is 12.9. The molecule has 0 unspecified atom stereocenters. The molecule has 0 heterocycles. The third kappa shape index (κ3) is 3.71. The lowest BCUT2D eigenvalue weighted by Crippen LogP contribution is -2.20. The second-order valence-corrected chi connectivity index (χ2v) is 4.37. The fourth-order valence-electron chi connectivity index (χ4n) is 1.67. The molecule has 0 spiro atoms. The van der Waals surface area contributed by atoms with Crippen LogP contribution in [0.15, 0.2) is 42.5 Å². The molecule has 2 aromatic rings. The van der Waals surface area contributed by atoms with Crippen molar-refractivity contribution < 1.29 is 13.9 Å². The molecule has 4 nitrogen and oxygen atoms in total. The summed E-state index contributed by atoms with van der Waals surface area (Å²) in [5.41, 5.74) is 7.77. The Morgan fingerprint density at radius 2 is 2.10 bits per heavy atom. The van der Waals surface area contributed by atoms with Gasteiger partial charge in [-0.25, -0.2) is 4.39 Å². The number of halogens is 1. The monoisotopic (exact) mass is 274 g/mol. The van der Waals surface area contributed by atoms with Gasteiger partial charge in [-0.15, -0.1) is 0 Å². The Kier molecular flexibility index (Phi) is 4.20. The molecule has 0 aliphatic rings. The zero-order chi connectivity index (χ0) is 14.5. The van der Waals surface area contributed by atoms with Crippen molar-refractivity contribution in [3.63, 3.8) is 0 Å². The number of aryl methyl sites for hydroxylation is 1. The lowest BCUT2D eigenvalue weighted by atomic mass is 10.2. The van der Waals surface area contributed by atoms with Gasteiger partial charge in [0.05, 0.1) is 0 Å². The van der Waals surface area contributed by atoms with Gasteiger partial charge in [0, 0.05) is 17.4 Å². The highest BCUT2D eigenvalue weighted by atomic mass is 19.1. The fraction of sp³-hybridized carbons (Fsp3) is 0.133. The summed E-state index contributed by atoms with van der Waals surface area (Å²) in [6.07, 6.45) is 0. The third-order valence-electron chi connectivity index (χ3n) is 2.70. The van der Waals surface area contributed by atoms with Gasteiger partial charge in [-0.2, -0.15) is 0 Å². The summed E-state index contributed by atoms with van der Waals surface area (Å²) < 4.78 is 18.1. The second kappa shape index (κ2) is 6.06. The van der Waals surface area contributed by atoms with E-state index in [1.165, 1.54) is 18.2 Å². The molecule has 1 amide bonds. The van der Waals surface area contributed by atoms with E-state index in [-0.39, 0.29) is 12.5 Å². The molecule has 0 aliphatic carbocycles. The van der Waals surface area contributed by atoms with Gasteiger partial charge in [0.25, 0.3) is 5.91 Å². The highest BCUT2D eigenvalue weighted by Crippen LogP contribution is 2.18. The molecule has 0 bridgehead atoms. The molecule has 0 aliphatic heterocycles. The first-order valence-electron chi connectivity index (χ1n) is 6.09. The molecule has 0 atom stereocenters. The van der Waals surface area contributed by atoms with Gasteiger partial charge in [0.1, 0.15) is 11.6 Å². The van der Waals surface area contributed by atoms with Crippen LogP contribution in [0, 0.1) is 12.7 Å². The molecular weight excluding hydrogens is 259 g/mol. The summed E-state index contributed by atoms with van der Waals surface area (Å²) >= 11 is 0. The predicted octanol–water partition coefficient (Wildman–Crippen LogP) is 2.73. The number of amides is 1. The van der Waals surface area contributed by atoms with Crippen LogP contribution in [0.3, 0.4) is 0 Å². The van der Waals surface area contributed by atoms with Gasteiger partial charge in [-0.1, -0.05) is 12.1 Å². The van der Waals surface area contributed by atoms with Crippen LogP contribution in [0.25, 0.3) is 0 Å². The number of benzene rings is 2. The molecule has 0 fully saturated rings. The van der Waals surface area contributed by atoms with E-state index in [2.05, 4.69) is 5.32 Å². The van der Waals surface area contributed by atoms with Crippen LogP contribution in [-0.2, 0) is 4.79 Å². The molecule has 3 N–H and O–H groups in total. The third-order valence-corrected chi connectivity index (χ3v) is 2.70. The Morgan fingerprint density at radius 3 is 2.85 bits per heavy atom. The lowest BCUT2D eigenvalue weighted by molar-refractivity contribution is -0.118. The Balaban J connectivity index is 1.94. The minimum atomic E-state index is -0.408. The van der Waals surface area contributed by atoms with Gasteiger partial charge in [0.15, 0.2) is 6.61 Å². The molecule has 104 valence electrons. The van der Waals surface area contributed by atoms with E-state index in [1.807, 2.05) is 13.0 Å². The van der Waals surface area contributed by atoms with Crippen molar-refractivity contribution in [1.29, 1.82) is 0 Å². The van der Waals surface area contributed by atoms with Crippen molar-refractivity contribution in [3.05, 3.63) is 53.8 Å². The summed E-state index contributed by atoms with van der Waals surface area (Å²) in [6, 6.07) is 10.9. The van der Waals surface area contributed by atoms with Crippen molar-refractivity contribution in [3.8, 4) is 5.75 Å². The van der Waals surface area contributed by atoms with Gasteiger partial charge in [-0.3, -0.25) is 4.79 Å². The Hall–Kier alpha value is -2.56. The summed E-state index contributed by atoms with van der Waals surface area (Å²) in [6.45, 7) is 1.67. The highest BCUT2D eigenvalue weighted by Gasteiger charge is 2.06. The summed E-state index contributed by atoms with van der Waals surface area (Å²) in [4.78, 5) is 11.8. The maximum Gasteiger partial charge on any atom is 0.262 e. The van der Waals surface area contributed by atoms with Crippen molar-refractivity contribution >= 4 is 17.3 Å². The molecule has 0 saturated heterocycles. The first-order valence-corrected chi connectivity index (χ1v) is 6.09. The van der Waals surface area contributed by atoms with E-state index >= 15 is 0 Å². The average Bonchev–Trinajstić information content (AvgIpc) is 2.41. The van der Waals surface area contributed by atoms with E-state index in [0.29, 0.717) is 17.1 Å². The number of anilines is 2. The number of ether oxygens (including phenoxy) is 1. The van der Waals surface area contributed by atoms with Crippen LogP contribution in [0.1, 0.15) is 5.56 Å². The van der Waals surface area contributed by atoms with E-state index in [4.69, 9.17) is 10.5 Å². The highest BCUT2D eigenvalue weighted by molar-refractivity contribution is 5.93. The van der Waals surface area contributed by atoms with Crippen LogP contribution in [0.4, 0.5) is 15.8 Å².